The van der Waals surface area contributed by atoms with Gasteiger partial charge >= 0.3 is 0 Å². The third-order valence-corrected chi connectivity index (χ3v) is 5.63. The molecule has 0 saturated carbocycles. The minimum absolute atomic E-state index is 0.0818. The predicted molar refractivity (Wildman–Crippen MR) is 119 cm³/mol. The van der Waals surface area contributed by atoms with E-state index in [1.165, 1.54) is 11.6 Å². The Bertz CT molecular complexity index is 1300. The summed E-state index contributed by atoms with van der Waals surface area (Å²) in [6.45, 7) is 4.40. The lowest BCUT2D eigenvalue weighted by Crippen LogP contribution is -2.49. The molecule has 0 spiro atoms. The minimum atomic E-state index is -0.260. The van der Waals surface area contributed by atoms with E-state index >= 15 is 0 Å². The molecular formula is C24H22N4O3. The predicted octanol–water partition coefficient (Wildman–Crippen LogP) is 3.25. The van der Waals surface area contributed by atoms with Gasteiger partial charge in [-0.3, -0.25) is 14.2 Å². The third-order valence-electron chi connectivity index (χ3n) is 5.63. The van der Waals surface area contributed by atoms with Gasteiger partial charge in [0.25, 0.3) is 5.91 Å². The largest absolute Gasteiger partial charge is 0.451 e. The number of rotatable bonds is 3. The molecule has 5 rings (SSSR count). The number of benzene rings is 2. The number of carbonyl (C=O) groups is 1. The van der Waals surface area contributed by atoms with Crippen molar-refractivity contribution in [2.24, 2.45) is 0 Å². The molecule has 1 amide bonds. The van der Waals surface area contributed by atoms with Crippen LogP contribution in [0.1, 0.15) is 16.1 Å². The average Bonchev–Trinajstić information content (AvgIpc) is 3.29. The van der Waals surface area contributed by atoms with E-state index in [-0.39, 0.29) is 17.1 Å². The fourth-order valence-electron chi connectivity index (χ4n) is 3.91. The second-order valence-electron chi connectivity index (χ2n) is 7.68. The van der Waals surface area contributed by atoms with E-state index in [9.17, 15) is 9.59 Å². The van der Waals surface area contributed by atoms with Gasteiger partial charge in [-0.2, -0.15) is 0 Å². The molecule has 1 saturated heterocycles. The molecule has 4 aromatic rings. The quantitative estimate of drug-likeness (QED) is 0.515. The van der Waals surface area contributed by atoms with Gasteiger partial charge in [0.2, 0.25) is 5.95 Å². The highest BCUT2D eigenvalue weighted by Gasteiger charge is 2.26. The molecule has 7 nitrogen and oxygen atoms in total. The van der Waals surface area contributed by atoms with Crippen LogP contribution in [-0.2, 0) is 0 Å². The molecule has 156 valence electrons. The van der Waals surface area contributed by atoms with Crippen LogP contribution in [0.15, 0.2) is 76.2 Å². The first-order valence-corrected chi connectivity index (χ1v) is 10.3. The standard InChI is InChI=1S/C24H22N4O3/c1-17-6-8-18(9-7-17)28-11-10-25-24(28)27-14-12-26(13-15-27)23(30)22-16-20(29)19-4-2-3-5-21(19)31-22/h2-11,16H,12-15H2,1H3. The van der Waals surface area contributed by atoms with Gasteiger partial charge in [-0.05, 0) is 31.2 Å². The third kappa shape index (κ3) is 3.59. The molecule has 31 heavy (non-hydrogen) atoms. The van der Waals surface area contributed by atoms with Crippen molar-refractivity contribution in [3.05, 3.63) is 88.5 Å². The number of carbonyl (C=O) groups excluding carboxylic acids is 1. The highest BCUT2D eigenvalue weighted by molar-refractivity contribution is 5.93. The lowest BCUT2D eigenvalue weighted by Gasteiger charge is -2.35. The molecule has 1 fully saturated rings. The van der Waals surface area contributed by atoms with Crippen molar-refractivity contribution in [2.75, 3.05) is 31.1 Å². The maximum atomic E-state index is 13.0. The molecule has 0 N–H and O–H groups in total. The number of amides is 1. The first-order chi connectivity index (χ1) is 15.1. The van der Waals surface area contributed by atoms with E-state index in [4.69, 9.17) is 4.42 Å². The van der Waals surface area contributed by atoms with E-state index in [2.05, 4.69) is 45.6 Å². The van der Waals surface area contributed by atoms with E-state index in [1.807, 2.05) is 6.20 Å². The van der Waals surface area contributed by atoms with Gasteiger partial charge in [0.15, 0.2) is 11.2 Å². The van der Waals surface area contributed by atoms with Gasteiger partial charge < -0.3 is 14.2 Å². The number of imidazole rings is 1. The van der Waals surface area contributed by atoms with Crippen LogP contribution in [0.25, 0.3) is 16.7 Å². The highest BCUT2D eigenvalue weighted by atomic mass is 16.3. The van der Waals surface area contributed by atoms with Crippen LogP contribution >= 0.6 is 0 Å². The second-order valence-corrected chi connectivity index (χ2v) is 7.68. The fraction of sp³-hybridized carbons (Fsp3) is 0.208. The first-order valence-electron chi connectivity index (χ1n) is 10.3. The van der Waals surface area contributed by atoms with Crippen LogP contribution in [0, 0.1) is 6.92 Å². The molecule has 0 bridgehead atoms. The maximum absolute atomic E-state index is 13.0. The summed E-state index contributed by atoms with van der Waals surface area (Å²) >= 11 is 0. The lowest BCUT2D eigenvalue weighted by atomic mass is 10.2. The van der Waals surface area contributed by atoms with Crippen molar-refractivity contribution in [2.45, 2.75) is 6.92 Å². The number of piperazine rings is 1. The summed E-state index contributed by atoms with van der Waals surface area (Å²) in [6.07, 6.45) is 3.73. The molecule has 7 heteroatoms. The van der Waals surface area contributed by atoms with Crippen molar-refractivity contribution < 1.29 is 9.21 Å². The zero-order valence-corrected chi connectivity index (χ0v) is 17.2. The molecule has 0 atom stereocenters. The van der Waals surface area contributed by atoms with Crippen LogP contribution in [0.5, 0.6) is 0 Å². The zero-order chi connectivity index (χ0) is 21.4. The van der Waals surface area contributed by atoms with Crippen LogP contribution in [0.3, 0.4) is 0 Å². The second kappa shape index (κ2) is 7.75. The van der Waals surface area contributed by atoms with Gasteiger partial charge in [-0.25, -0.2) is 4.98 Å². The number of anilines is 1. The Morgan fingerprint density at radius 1 is 1.00 bits per heavy atom. The minimum Gasteiger partial charge on any atom is -0.451 e. The number of hydrogen-bond donors (Lipinski definition) is 0. The highest BCUT2D eigenvalue weighted by Crippen LogP contribution is 2.21. The number of para-hydroxylation sites is 1. The molecule has 1 aliphatic heterocycles. The Labute approximate surface area is 179 Å². The Balaban J connectivity index is 1.32. The molecule has 0 aliphatic carbocycles. The first kappa shape index (κ1) is 19.1. The SMILES string of the molecule is Cc1ccc(-n2ccnc2N2CCN(C(=O)c3cc(=O)c4ccccc4o3)CC2)cc1. The summed E-state index contributed by atoms with van der Waals surface area (Å²) in [5, 5.41) is 0.479. The summed E-state index contributed by atoms with van der Waals surface area (Å²) in [4.78, 5) is 33.7. The number of hydrogen-bond acceptors (Lipinski definition) is 5. The molecule has 1 aliphatic rings. The van der Waals surface area contributed by atoms with Crippen molar-refractivity contribution in [3.63, 3.8) is 0 Å². The summed E-state index contributed by atoms with van der Waals surface area (Å²) in [7, 11) is 0. The Hall–Kier alpha value is -3.87. The van der Waals surface area contributed by atoms with Crippen LogP contribution in [0.4, 0.5) is 5.95 Å². The van der Waals surface area contributed by atoms with E-state index in [0.717, 1.165) is 11.6 Å². The summed E-state index contributed by atoms with van der Waals surface area (Å²) in [5.41, 5.74) is 2.48. The van der Waals surface area contributed by atoms with Crippen molar-refractivity contribution in [3.8, 4) is 5.69 Å². The Kier molecular flexibility index (Phi) is 4.78. The molecule has 0 unspecified atom stereocenters. The van der Waals surface area contributed by atoms with E-state index in [0.29, 0.717) is 37.1 Å². The monoisotopic (exact) mass is 414 g/mol. The molecule has 2 aromatic carbocycles. The van der Waals surface area contributed by atoms with Crippen molar-refractivity contribution in [1.29, 1.82) is 0 Å². The number of aromatic nitrogens is 2. The van der Waals surface area contributed by atoms with Crippen molar-refractivity contribution >= 4 is 22.8 Å². The fourth-order valence-corrected chi connectivity index (χ4v) is 3.91. The van der Waals surface area contributed by atoms with Gasteiger partial charge in [0, 0.05) is 50.3 Å². The molecular weight excluding hydrogens is 392 g/mol. The van der Waals surface area contributed by atoms with Gasteiger partial charge in [0.05, 0.1) is 5.39 Å². The summed E-state index contributed by atoms with van der Waals surface area (Å²) in [5.74, 6) is 0.677. The number of aryl methyl sites for hydroxylation is 1. The smallest absolute Gasteiger partial charge is 0.289 e. The van der Waals surface area contributed by atoms with Crippen LogP contribution < -0.4 is 10.3 Å². The molecule has 0 radical (unpaired) electrons. The van der Waals surface area contributed by atoms with Gasteiger partial charge in [-0.15, -0.1) is 0 Å². The van der Waals surface area contributed by atoms with Crippen molar-refractivity contribution in [1.82, 2.24) is 14.5 Å². The zero-order valence-electron chi connectivity index (χ0n) is 17.2. The summed E-state index contributed by atoms with van der Waals surface area (Å²) in [6, 6.07) is 16.6. The lowest BCUT2D eigenvalue weighted by molar-refractivity contribution is 0.0714. The van der Waals surface area contributed by atoms with Gasteiger partial charge in [-0.1, -0.05) is 29.8 Å². The Morgan fingerprint density at radius 2 is 1.74 bits per heavy atom. The van der Waals surface area contributed by atoms with E-state index < -0.39 is 0 Å². The normalized spacial score (nSPS) is 14.2. The average molecular weight is 414 g/mol. The topological polar surface area (TPSA) is 71.6 Å². The number of nitrogens with zero attached hydrogens (tertiary/aromatic N) is 4. The molecule has 2 aromatic heterocycles. The van der Waals surface area contributed by atoms with Crippen LogP contribution in [-0.4, -0.2) is 46.5 Å². The van der Waals surface area contributed by atoms with Crippen LogP contribution in [0.2, 0.25) is 0 Å². The molecule has 3 heterocycles. The van der Waals surface area contributed by atoms with Gasteiger partial charge in [0.1, 0.15) is 5.58 Å². The summed E-state index contributed by atoms with van der Waals surface area (Å²) < 4.78 is 7.78. The Morgan fingerprint density at radius 3 is 2.52 bits per heavy atom. The maximum Gasteiger partial charge on any atom is 0.289 e. The van der Waals surface area contributed by atoms with E-state index in [1.54, 1.807) is 35.4 Å². The number of fused-ring (bicyclic) bond motifs is 1.